The van der Waals surface area contributed by atoms with Gasteiger partial charge in [-0.25, -0.2) is 8.78 Å². The summed E-state index contributed by atoms with van der Waals surface area (Å²) >= 11 is 0. The summed E-state index contributed by atoms with van der Waals surface area (Å²) in [5.41, 5.74) is 5.82. The van der Waals surface area contributed by atoms with Gasteiger partial charge in [-0.05, 0) is 18.1 Å². The summed E-state index contributed by atoms with van der Waals surface area (Å²) in [6, 6.07) is 0.537. The summed E-state index contributed by atoms with van der Waals surface area (Å²) in [5, 5.41) is 0. The monoisotopic (exact) mass is 161 g/mol. The number of alkyl halides is 2. The highest BCUT2D eigenvalue weighted by atomic mass is 19.3. The van der Waals surface area contributed by atoms with Crippen LogP contribution in [0.5, 0.6) is 0 Å². The normalized spacial score (nSPS) is 13.8. The van der Waals surface area contributed by atoms with Crippen molar-refractivity contribution < 1.29 is 13.2 Å². The molecule has 1 heterocycles. The van der Waals surface area contributed by atoms with Gasteiger partial charge in [0.15, 0.2) is 0 Å². The topological polar surface area (TPSA) is 39.2 Å². The molecule has 2 nitrogen and oxygen atoms in total. The largest absolute Gasteiger partial charge is 0.472 e. The van der Waals surface area contributed by atoms with Crippen molar-refractivity contribution in [3.05, 3.63) is 24.2 Å². The molecule has 2 N–H and O–H groups in total. The molecule has 1 unspecified atom stereocenters. The minimum Gasteiger partial charge on any atom is -0.472 e. The molecule has 0 saturated carbocycles. The Labute approximate surface area is 63.0 Å². The second-order valence-electron chi connectivity index (χ2n) is 2.33. The van der Waals surface area contributed by atoms with Crippen LogP contribution in [0.25, 0.3) is 0 Å². The number of furan rings is 1. The third kappa shape index (κ3) is 2.31. The Morgan fingerprint density at radius 2 is 2.27 bits per heavy atom. The summed E-state index contributed by atoms with van der Waals surface area (Å²) in [4.78, 5) is 0. The molecule has 0 aliphatic heterocycles. The van der Waals surface area contributed by atoms with Crippen LogP contribution in [0.1, 0.15) is 5.56 Å². The maximum atomic E-state index is 11.9. The van der Waals surface area contributed by atoms with Crippen LogP contribution < -0.4 is 5.73 Å². The van der Waals surface area contributed by atoms with E-state index in [1.165, 1.54) is 12.5 Å². The first-order valence-corrected chi connectivity index (χ1v) is 3.25. The molecule has 0 radical (unpaired) electrons. The Kier molecular flexibility index (Phi) is 2.59. The van der Waals surface area contributed by atoms with E-state index in [1.807, 2.05) is 0 Å². The Hall–Kier alpha value is -0.900. The lowest BCUT2D eigenvalue weighted by Crippen LogP contribution is -2.30. The van der Waals surface area contributed by atoms with E-state index in [-0.39, 0.29) is 6.42 Å². The van der Waals surface area contributed by atoms with Crippen LogP contribution in [0.3, 0.4) is 0 Å². The molecule has 1 atom stereocenters. The molecule has 1 rings (SSSR count). The highest BCUT2D eigenvalue weighted by Gasteiger charge is 2.15. The molecule has 0 aliphatic carbocycles. The van der Waals surface area contributed by atoms with Crippen molar-refractivity contribution in [1.29, 1.82) is 0 Å². The van der Waals surface area contributed by atoms with Gasteiger partial charge in [0.25, 0.3) is 6.43 Å². The van der Waals surface area contributed by atoms with Crippen LogP contribution in [0, 0.1) is 0 Å². The number of rotatable bonds is 3. The van der Waals surface area contributed by atoms with Crippen LogP contribution in [-0.4, -0.2) is 12.5 Å². The lowest BCUT2D eigenvalue weighted by atomic mass is 10.1. The molecule has 0 bridgehead atoms. The molecule has 1 aromatic rings. The van der Waals surface area contributed by atoms with Gasteiger partial charge in [0.2, 0.25) is 0 Å². The molecular weight excluding hydrogens is 152 g/mol. The van der Waals surface area contributed by atoms with E-state index in [0.29, 0.717) is 5.56 Å². The van der Waals surface area contributed by atoms with Crippen molar-refractivity contribution in [2.45, 2.75) is 18.9 Å². The molecule has 4 heteroatoms. The summed E-state index contributed by atoms with van der Waals surface area (Å²) < 4.78 is 28.4. The van der Waals surface area contributed by atoms with E-state index >= 15 is 0 Å². The molecule has 0 aliphatic rings. The molecule has 62 valence electrons. The first-order chi connectivity index (χ1) is 5.20. The minimum atomic E-state index is -2.47. The fraction of sp³-hybridized carbons (Fsp3) is 0.429. The van der Waals surface area contributed by atoms with Crippen molar-refractivity contribution in [2.24, 2.45) is 5.73 Å². The molecule has 1 aromatic heterocycles. The molecule has 0 spiro atoms. The van der Waals surface area contributed by atoms with Crippen molar-refractivity contribution in [2.75, 3.05) is 0 Å². The summed E-state index contributed by atoms with van der Waals surface area (Å²) in [6.45, 7) is 0. The van der Waals surface area contributed by atoms with Crippen LogP contribution in [0.4, 0.5) is 8.78 Å². The van der Waals surface area contributed by atoms with Crippen molar-refractivity contribution in [1.82, 2.24) is 0 Å². The van der Waals surface area contributed by atoms with Gasteiger partial charge in [-0.1, -0.05) is 0 Å². The van der Waals surface area contributed by atoms with Gasteiger partial charge in [-0.15, -0.1) is 0 Å². The zero-order valence-corrected chi connectivity index (χ0v) is 5.84. The van der Waals surface area contributed by atoms with E-state index in [1.54, 1.807) is 6.07 Å². The highest BCUT2D eigenvalue weighted by Crippen LogP contribution is 2.07. The number of hydrogen-bond acceptors (Lipinski definition) is 2. The standard InChI is InChI=1S/C7H9F2NO/c8-7(9)6(10)3-5-1-2-11-4-5/h1-2,4,6-7H,3,10H2. The van der Waals surface area contributed by atoms with Gasteiger partial charge < -0.3 is 10.2 Å². The molecule has 11 heavy (non-hydrogen) atoms. The van der Waals surface area contributed by atoms with Crippen molar-refractivity contribution in [3.63, 3.8) is 0 Å². The maximum Gasteiger partial charge on any atom is 0.253 e. The molecular formula is C7H9F2NO. The number of nitrogens with two attached hydrogens (primary N) is 1. The Morgan fingerprint density at radius 1 is 1.55 bits per heavy atom. The minimum absolute atomic E-state index is 0.161. The second kappa shape index (κ2) is 3.48. The van der Waals surface area contributed by atoms with E-state index in [4.69, 9.17) is 10.2 Å². The van der Waals surface area contributed by atoms with Crippen molar-refractivity contribution >= 4 is 0 Å². The second-order valence-corrected chi connectivity index (χ2v) is 2.33. The summed E-state index contributed by atoms with van der Waals surface area (Å²) in [7, 11) is 0. The van der Waals surface area contributed by atoms with E-state index in [0.717, 1.165) is 0 Å². The third-order valence-electron chi connectivity index (χ3n) is 1.38. The Bertz CT molecular complexity index is 198. The lowest BCUT2D eigenvalue weighted by molar-refractivity contribution is 0.116. The van der Waals surface area contributed by atoms with Gasteiger partial charge in [-0.3, -0.25) is 0 Å². The maximum absolute atomic E-state index is 11.9. The van der Waals surface area contributed by atoms with E-state index in [9.17, 15) is 8.78 Å². The first kappa shape index (κ1) is 8.20. The SMILES string of the molecule is NC(Cc1ccoc1)C(F)F. The van der Waals surface area contributed by atoms with Gasteiger partial charge in [-0.2, -0.15) is 0 Å². The quantitative estimate of drug-likeness (QED) is 0.728. The molecule has 0 saturated heterocycles. The zero-order valence-electron chi connectivity index (χ0n) is 5.84. The number of halogens is 2. The molecule has 0 aromatic carbocycles. The predicted octanol–water partition coefficient (Wildman–Crippen LogP) is 1.41. The predicted molar refractivity (Wildman–Crippen MR) is 36.4 cm³/mol. The van der Waals surface area contributed by atoms with Crippen molar-refractivity contribution in [3.8, 4) is 0 Å². The van der Waals surface area contributed by atoms with E-state index in [2.05, 4.69) is 0 Å². The fourth-order valence-corrected chi connectivity index (χ4v) is 0.770. The average Bonchev–Trinajstić information content (AvgIpc) is 2.39. The summed E-state index contributed by atoms with van der Waals surface area (Å²) in [6.07, 6.45) is 0.550. The molecule has 0 fully saturated rings. The zero-order chi connectivity index (χ0) is 8.27. The Balaban J connectivity index is 2.43. The van der Waals surface area contributed by atoms with Crippen LogP contribution >= 0.6 is 0 Å². The summed E-state index contributed by atoms with van der Waals surface area (Å²) in [5.74, 6) is 0. The molecule has 0 amide bonds. The fourth-order valence-electron chi connectivity index (χ4n) is 0.770. The van der Waals surface area contributed by atoms with Gasteiger partial charge >= 0.3 is 0 Å². The lowest BCUT2D eigenvalue weighted by Gasteiger charge is -2.07. The van der Waals surface area contributed by atoms with Crippen LogP contribution in [0.15, 0.2) is 23.0 Å². The van der Waals surface area contributed by atoms with Gasteiger partial charge in [0, 0.05) is 0 Å². The first-order valence-electron chi connectivity index (χ1n) is 3.25. The van der Waals surface area contributed by atoms with E-state index < -0.39 is 12.5 Å². The third-order valence-corrected chi connectivity index (χ3v) is 1.38. The number of hydrogen-bond donors (Lipinski definition) is 1. The van der Waals surface area contributed by atoms with Crippen LogP contribution in [-0.2, 0) is 6.42 Å². The van der Waals surface area contributed by atoms with Gasteiger partial charge in [0.05, 0.1) is 18.6 Å². The highest BCUT2D eigenvalue weighted by molar-refractivity contribution is 5.07. The van der Waals surface area contributed by atoms with Crippen LogP contribution in [0.2, 0.25) is 0 Å². The average molecular weight is 161 g/mol. The van der Waals surface area contributed by atoms with Gasteiger partial charge in [0.1, 0.15) is 0 Å². The smallest absolute Gasteiger partial charge is 0.253 e. The Morgan fingerprint density at radius 3 is 2.73 bits per heavy atom.